The summed E-state index contributed by atoms with van der Waals surface area (Å²) in [6, 6.07) is 6.00. The van der Waals surface area contributed by atoms with Gasteiger partial charge in [0.05, 0.1) is 12.3 Å². The van der Waals surface area contributed by atoms with Gasteiger partial charge in [0, 0.05) is 12.6 Å². The molecule has 0 saturated carbocycles. The predicted molar refractivity (Wildman–Crippen MR) is 63.8 cm³/mol. The second-order valence-electron chi connectivity index (χ2n) is 3.93. The van der Waals surface area contributed by atoms with Crippen molar-refractivity contribution in [1.29, 1.82) is 0 Å². The lowest BCUT2D eigenvalue weighted by molar-refractivity contribution is -0.183. The number of para-hydroxylation sites is 1. The van der Waals surface area contributed by atoms with Crippen LogP contribution in [0.1, 0.15) is 12.5 Å². The molecule has 18 heavy (non-hydrogen) atoms. The molecule has 0 unspecified atom stereocenters. The Balaban J connectivity index is 2.56. The van der Waals surface area contributed by atoms with Gasteiger partial charge in [-0.15, -0.1) is 0 Å². The van der Waals surface area contributed by atoms with Crippen LogP contribution < -0.4 is 5.32 Å². The molecule has 1 aromatic carbocycles. The number of aliphatic hydroxyl groups is 1. The molecule has 0 radical (unpaired) electrons. The molecular weight excluding hydrogens is 236 g/mol. The first-order valence-corrected chi connectivity index (χ1v) is 5.55. The van der Waals surface area contributed by atoms with Crippen LogP contribution in [0, 0.1) is 0 Å². The second kappa shape index (κ2) is 4.30. The maximum Gasteiger partial charge on any atom is 0.365 e. The van der Waals surface area contributed by atoms with Crippen molar-refractivity contribution in [2.45, 2.75) is 12.6 Å². The Morgan fingerprint density at radius 3 is 2.83 bits per heavy atom. The molecule has 1 aliphatic heterocycles. The fourth-order valence-corrected chi connectivity index (χ4v) is 1.90. The van der Waals surface area contributed by atoms with Crippen LogP contribution in [-0.2, 0) is 15.3 Å². The molecule has 2 rings (SSSR count). The van der Waals surface area contributed by atoms with Crippen LogP contribution in [0.2, 0.25) is 0 Å². The van der Waals surface area contributed by atoms with Crippen LogP contribution in [0.4, 0.5) is 10.5 Å². The van der Waals surface area contributed by atoms with Crippen LogP contribution in [0.25, 0.3) is 0 Å². The van der Waals surface area contributed by atoms with Crippen molar-refractivity contribution >= 4 is 17.7 Å². The number of anilines is 1. The number of amides is 2. The molecule has 0 aromatic heterocycles. The molecule has 0 aliphatic carbocycles. The van der Waals surface area contributed by atoms with Gasteiger partial charge in [-0.1, -0.05) is 18.2 Å². The van der Waals surface area contributed by atoms with Crippen molar-refractivity contribution < 1.29 is 19.4 Å². The number of carbonyl (C=O) groups excluding carboxylic acids is 2. The predicted octanol–water partition coefficient (Wildman–Crippen LogP) is 0.872. The van der Waals surface area contributed by atoms with Gasteiger partial charge in [0.1, 0.15) is 0 Å². The first-order valence-electron chi connectivity index (χ1n) is 5.55. The Hall–Kier alpha value is -2.08. The number of nitrogens with one attached hydrogen (secondary N) is 1. The average Bonchev–Trinajstić information content (AvgIpc) is 2.36. The van der Waals surface area contributed by atoms with Crippen LogP contribution in [0.15, 0.2) is 24.3 Å². The number of rotatable bonds is 2. The fourth-order valence-electron chi connectivity index (χ4n) is 1.90. The molecule has 1 atom stereocenters. The number of urea groups is 1. The zero-order valence-corrected chi connectivity index (χ0v) is 10.1. The molecule has 1 aliphatic rings. The van der Waals surface area contributed by atoms with Crippen molar-refractivity contribution in [2.24, 2.45) is 0 Å². The van der Waals surface area contributed by atoms with Crippen LogP contribution >= 0.6 is 0 Å². The molecule has 0 bridgehead atoms. The van der Waals surface area contributed by atoms with E-state index in [4.69, 9.17) is 4.74 Å². The SMILES string of the molecule is CCOC(=O)[C@]1(O)c2ccccc2NC(=O)N1C. The minimum absolute atomic E-state index is 0.124. The third kappa shape index (κ3) is 1.62. The number of ether oxygens (including phenoxy) is 1. The van der Waals surface area contributed by atoms with Gasteiger partial charge in [-0.25, -0.2) is 9.59 Å². The molecule has 2 N–H and O–H groups in total. The van der Waals surface area contributed by atoms with Gasteiger partial charge in [0.2, 0.25) is 0 Å². The summed E-state index contributed by atoms with van der Waals surface area (Å²) in [4.78, 5) is 24.6. The van der Waals surface area contributed by atoms with E-state index >= 15 is 0 Å². The van der Waals surface area contributed by atoms with E-state index in [2.05, 4.69) is 5.32 Å². The van der Waals surface area contributed by atoms with E-state index in [1.165, 1.54) is 7.05 Å². The summed E-state index contributed by atoms with van der Waals surface area (Å²) in [5.41, 5.74) is -1.39. The summed E-state index contributed by atoms with van der Waals surface area (Å²) in [5.74, 6) is -0.866. The molecule has 96 valence electrons. The van der Waals surface area contributed by atoms with E-state index in [-0.39, 0.29) is 6.61 Å². The fraction of sp³-hybridized carbons (Fsp3) is 0.333. The number of hydrogen-bond acceptors (Lipinski definition) is 4. The Morgan fingerprint density at radius 1 is 1.50 bits per heavy atom. The van der Waals surface area contributed by atoms with Crippen molar-refractivity contribution in [1.82, 2.24) is 4.90 Å². The van der Waals surface area contributed by atoms with Gasteiger partial charge in [0.15, 0.2) is 0 Å². The topological polar surface area (TPSA) is 78.9 Å². The number of hydrogen-bond donors (Lipinski definition) is 2. The summed E-state index contributed by atoms with van der Waals surface area (Å²) in [5, 5.41) is 13.1. The lowest BCUT2D eigenvalue weighted by atomic mass is 9.97. The Labute approximate surface area is 104 Å². The third-order valence-electron chi connectivity index (χ3n) is 2.89. The number of nitrogens with zero attached hydrogens (tertiary/aromatic N) is 1. The maximum atomic E-state index is 11.9. The normalized spacial score (nSPS) is 22.2. The van der Waals surface area contributed by atoms with Gasteiger partial charge in [-0.2, -0.15) is 0 Å². The molecule has 1 heterocycles. The monoisotopic (exact) mass is 250 g/mol. The highest BCUT2D eigenvalue weighted by atomic mass is 16.6. The van der Waals surface area contributed by atoms with Gasteiger partial charge in [-0.05, 0) is 13.0 Å². The Morgan fingerprint density at radius 2 is 2.17 bits per heavy atom. The summed E-state index contributed by atoms with van der Waals surface area (Å²) < 4.78 is 4.85. The summed E-state index contributed by atoms with van der Waals surface area (Å²) in [6.45, 7) is 1.76. The van der Waals surface area contributed by atoms with E-state index in [0.29, 0.717) is 11.3 Å². The van der Waals surface area contributed by atoms with Crippen LogP contribution in [0.5, 0.6) is 0 Å². The minimum Gasteiger partial charge on any atom is -0.462 e. The molecule has 0 fully saturated rings. The lowest BCUT2D eigenvalue weighted by Gasteiger charge is -2.39. The van der Waals surface area contributed by atoms with Crippen molar-refractivity contribution in [3.63, 3.8) is 0 Å². The number of benzene rings is 1. The quantitative estimate of drug-likeness (QED) is 0.763. The molecule has 0 spiro atoms. The third-order valence-corrected chi connectivity index (χ3v) is 2.89. The standard InChI is InChI=1S/C12H14N2O4/c1-3-18-10(15)12(17)8-6-4-5-7-9(8)13-11(16)14(12)2/h4-7,17H,3H2,1-2H3,(H,13,16)/t12-/m1/s1. The van der Waals surface area contributed by atoms with E-state index in [9.17, 15) is 14.7 Å². The average molecular weight is 250 g/mol. The lowest BCUT2D eigenvalue weighted by Crippen LogP contribution is -2.57. The molecule has 2 amide bonds. The molecule has 6 nitrogen and oxygen atoms in total. The van der Waals surface area contributed by atoms with Gasteiger partial charge < -0.3 is 15.2 Å². The zero-order chi connectivity index (χ0) is 13.3. The van der Waals surface area contributed by atoms with Gasteiger partial charge in [0.25, 0.3) is 5.72 Å². The van der Waals surface area contributed by atoms with Gasteiger partial charge in [-0.3, -0.25) is 4.90 Å². The first-order chi connectivity index (χ1) is 8.51. The molecule has 0 saturated heterocycles. The zero-order valence-electron chi connectivity index (χ0n) is 10.1. The van der Waals surface area contributed by atoms with Crippen LogP contribution in [0.3, 0.4) is 0 Å². The molecule has 6 heteroatoms. The largest absolute Gasteiger partial charge is 0.462 e. The number of carbonyl (C=O) groups is 2. The first kappa shape index (κ1) is 12.4. The highest BCUT2D eigenvalue weighted by molar-refractivity contribution is 5.99. The summed E-state index contributed by atoms with van der Waals surface area (Å²) in [6.07, 6.45) is 0. The smallest absolute Gasteiger partial charge is 0.365 e. The summed E-state index contributed by atoms with van der Waals surface area (Å²) in [7, 11) is 1.34. The number of likely N-dealkylation sites (N-methyl/N-ethyl adjacent to an activating group) is 1. The minimum atomic E-state index is -2.09. The van der Waals surface area contributed by atoms with E-state index in [1.807, 2.05) is 0 Å². The highest BCUT2D eigenvalue weighted by Gasteiger charge is 2.50. The van der Waals surface area contributed by atoms with Crippen molar-refractivity contribution in [3.05, 3.63) is 29.8 Å². The second-order valence-corrected chi connectivity index (χ2v) is 3.93. The van der Waals surface area contributed by atoms with E-state index in [0.717, 1.165) is 4.90 Å². The summed E-state index contributed by atoms with van der Waals surface area (Å²) >= 11 is 0. The van der Waals surface area contributed by atoms with Crippen molar-refractivity contribution in [2.75, 3.05) is 19.0 Å². The highest BCUT2D eigenvalue weighted by Crippen LogP contribution is 2.36. The van der Waals surface area contributed by atoms with Gasteiger partial charge >= 0.3 is 12.0 Å². The Bertz CT molecular complexity index is 503. The number of esters is 1. The number of fused-ring (bicyclic) bond motifs is 1. The molecular formula is C12H14N2O4. The van der Waals surface area contributed by atoms with Crippen molar-refractivity contribution in [3.8, 4) is 0 Å². The van der Waals surface area contributed by atoms with E-state index < -0.39 is 17.7 Å². The maximum absolute atomic E-state index is 11.9. The van der Waals surface area contributed by atoms with E-state index in [1.54, 1.807) is 31.2 Å². The molecule has 1 aromatic rings. The van der Waals surface area contributed by atoms with Crippen LogP contribution in [-0.4, -0.2) is 35.7 Å². The Kier molecular flexibility index (Phi) is 2.96.